The van der Waals surface area contributed by atoms with Crippen molar-refractivity contribution in [1.29, 1.82) is 0 Å². The van der Waals surface area contributed by atoms with Crippen LogP contribution in [-0.2, 0) is 4.79 Å². The molecule has 1 aromatic carbocycles. The van der Waals surface area contributed by atoms with Gasteiger partial charge in [0.2, 0.25) is 5.91 Å². The molecule has 2 heterocycles. The highest BCUT2D eigenvalue weighted by Gasteiger charge is 2.19. The number of nitrogens with one attached hydrogen (secondary N) is 1. The third kappa shape index (κ3) is 4.53. The smallest absolute Gasteiger partial charge is 0.225 e. The summed E-state index contributed by atoms with van der Waals surface area (Å²) in [7, 11) is 0. The van der Waals surface area contributed by atoms with Crippen LogP contribution in [0.15, 0.2) is 64.8 Å². The van der Waals surface area contributed by atoms with E-state index < -0.39 is 0 Å². The molecule has 1 aromatic heterocycles. The average molecular weight is 394 g/mol. The fraction of sp³-hybridized carbons (Fsp3) is 0.143. The molecule has 0 bridgehead atoms. The van der Waals surface area contributed by atoms with Gasteiger partial charge in [0.15, 0.2) is 0 Å². The van der Waals surface area contributed by atoms with Crippen LogP contribution < -0.4 is 5.32 Å². The van der Waals surface area contributed by atoms with E-state index in [-0.39, 0.29) is 5.91 Å². The SMILES string of the molecule is C=N/C(=C(/c1ccnc(NC(=O)CC)c1)N1CC=CC=N1)c1cccc(Cl)c1. The summed E-state index contributed by atoms with van der Waals surface area (Å²) in [5.74, 6) is 0.360. The number of anilines is 1. The van der Waals surface area contributed by atoms with Gasteiger partial charge >= 0.3 is 0 Å². The molecule has 1 amide bonds. The van der Waals surface area contributed by atoms with Crippen molar-refractivity contribution in [2.24, 2.45) is 10.1 Å². The summed E-state index contributed by atoms with van der Waals surface area (Å²) in [6.07, 6.45) is 7.60. The Balaban J connectivity index is 2.16. The first-order valence-electron chi connectivity index (χ1n) is 8.82. The van der Waals surface area contributed by atoms with Crippen LogP contribution >= 0.6 is 11.6 Å². The molecule has 0 radical (unpaired) electrons. The number of pyridine rings is 1. The number of hydrazone groups is 1. The number of aromatic nitrogens is 1. The van der Waals surface area contributed by atoms with Gasteiger partial charge in [-0.2, -0.15) is 5.10 Å². The molecule has 2 aromatic rings. The van der Waals surface area contributed by atoms with E-state index in [0.717, 1.165) is 16.8 Å². The Hall–Kier alpha value is -3.25. The molecule has 0 aliphatic carbocycles. The second-order valence-corrected chi connectivity index (χ2v) is 6.41. The lowest BCUT2D eigenvalue weighted by Gasteiger charge is -2.25. The molecule has 0 saturated carbocycles. The standard InChI is InChI=1S/C21H20ClN5O/c1-3-19(28)26-18-14-16(9-11-24-18)21(27-12-5-4-10-25-27)20(23-2)15-7-6-8-17(22)13-15/h4-11,13-14H,2-3,12H2,1H3,(H,24,26,28)/b21-20-. The number of hydrogen-bond donors (Lipinski definition) is 1. The van der Waals surface area contributed by atoms with E-state index in [1.54, 1.807) is 31.5 Å². The van der Waals surface area contributed by atoms with Crippen LogP contribution in [0.1, 0.15) is 24.5 Å². The number of nitrogens with zero attached hydrogens (tertiary/aromatic N) is 4. The van der Waals surface area contributed by atoms with E-state index >= 15 is 0 Å². The van der Waals surface area contributed by atoms with Gasteiger partial charge in [-0.3, -0.25) is 14.8 Å². The molecule has 0 saturated heterocycles. The lowest BCUT2D eigenvalue weighted by atomic mass is 10.0. The third-order valence-electron chi connectivity index (χ3n) is 4.07. The van der Waals surface area contributed by atoms with E-state index in [4.69, 9.17) is 11.6 Å². The molecule has 1 aliphatic heterocycles. The number of hydrogen-bond acceptors (Lipinski definition) is 5. The molecular weight excluding hydrogens is 374 g/mol. The maximum atomic E-state index is 11.8. The van der Waals surface area contributed by atoms with Crippen molar-refractivity contribution in [2.45, 2.75) is 13.3 Å². The molecule has 142 valence electrons. The minimum atomic E-state index is -0.106. The van der Waals surface area contributed by atoms with Gasteiger partial charge in [-0.25, -0.2) is 4.98 Å². The first-order chi connectivity index (χ1) is 13.6. The van der Waals surface area contributed by atoms with E-state index in [0.29, 0.717) is 29.5 Å². The quantitative estimate of drug-likeness (QED) is 0.736. The first kappa shape index (κ1) is 19.5. The van der Waals surface area contributed by atoms with Crippen LogP contribution in [0.2, 0.25) is 5.02 Å². The minimum absolute atomic E-state index is 0.106. The van der Waals surface area contributed by atoms with E-state index in [1.807, 2.05) is 41.4 Å². The molecule has 0 atom stereocenters. The van der Waals surface area contributed by atoms with Gasteiger partial charge in [0.25, 0.3) is 0 Å². The molecule has 1 N–H and O–H groups in total. The van der Waals surface area contributed by atoms with Crippen molar-refractivity contribution in [3.05, 3.63) is 70.9 Å². The molecule has 28 heavy (non-hydrogen) atoms. The van der Waals surface area contributed by atoms with E-state index in [1.165, 1.54) is 0 Å². The molecule has 0 fully saturated rings. The Kier molecular flexibility index (Phi) is 6.34. The largest absolute Gasteiger partial charge is 0.311 e. The summed E-state index contributed by atoms with van der Waals surface area (Å²) in [6, 6.07) is 11.1. The summed E-state index contributed by atoms with van der Waals surface area (Å²) < 4.78 is 0. The highest BCUT2D eigenvalue weighted by atomic mass is 35.5. The Morgan fingerprint density at radius 2 is 2.18 bits per heavy atom. The fourth-order valence-corrected chi connectivity index (χ4v) is 2.95. The Morgan fingerprint density at radius 3 is 2.86 bits per heavy atom. The molecule has 1 aliphatic rings. The number of carbonyl (C=O) groups is 1. The molecule has 3 rings (SSSR count). The van der Waals surface area contributed by atoms with Crippen molar-refractivity contribution < 1.29 is 4.79 Å². The van der Waals surface area contributed by atoms with Crippen molar-refractivity contribution in [1.82, 2.24) is 9.99 Å². The number of rotatable bonds is 6. The van der Waals surface area contributed by atoms with Gasteiger partial charge in [-0.05, 0) is 37.1 Å². The average Bonchev–Trinajstić information content (AvgIpc) is 2.72. The topological polar surface area (TPSA) is 70.0 Å². The molecule has 0 spiro atoms. The normalized spacial score (nSPS) is 13.9. The zero-order valence-corrected chi connectivity index (χ0v) is 16.2. The van der Waals surface area contributed by atoms with E-state index in [2.05, 4.69) is 27.1 Å². The molecule has 7 heteroatoms. The highest BCUT2D eigenvalue weighted by Crippen LogP contribution is 2.32. The predicted molar refractivity (Wildman–Crippen MR) is 115 cm³/mol. The Labute approximate surface area is 169 Å². The van der Waals surface area contributed by atoms with Crippen molar-refractivity contribution >= 4 is 47.7 Å². The minimum Gasteiger partial charge on any atom is -0.311 e. The van der Waals surface area contributed by atoms with Crippen molar-refractivity contribution in [3.8, 4) is 0 Å². The summed E-state index contributed by atoms with van der Waals surface area (Å²) in [5.41, 5.74) is 3.00. The number of carbonyl (C=O) groups excluding carboxylic acids is 1. The van der Waals surface area contributed by atoms with E-state index in [9.17, 15) is 4.79 Å². The lowest BCUT2D eigenvalue weighted by molar-refractivity contribution is -0.115. The summed E-state index contributed by atoms with van der Waals surface area (Å²) >= 11 is 6.18. The van der Waals surface area contributed by atoms with Crippen LogP contribution in [0.3, 0.4) is 0 Å². The zero-order chi connectivity index (χ0) is 19.9. The first-order valence-corrected chi connectivity index (χ1v) is 9.20. The van der Waals surface area contributed by atoms with Gasteiger partial charge in [0.05, 0.1) is 17.9 Å². The number of amides is 1. The number of halogens is 1. The van der Waals surface area contributed by atoms with Crippen molar-refractivity contribution in [3.63, 3.8) is 0 Å². The predicted octanol–water partition coefficient (Wildman–Crippen LogP) is 4.47. The highest BCUT2D eigenvalue weighted by molar-refractivity contribution is 6.30. The number of benzene rings is 1. The van der Waals surface area contributed by atoms with Gasteiger partial charge in [0.1, 0.15) is 5.82 Å². The van der Waals surface area contributed by atoms with Crippen LogP contribution in [0.25, 0.3) is 11.4 Å². The van der Waals surface area contributed by atoms with Gasteiger partial charge < -0.3 is 5.32 Å². The maximum absolute atomic E-state index is 11.8. The molecule has 0 unspecified atom stereocenters. The fourth-order valence-electron chi connectivity index (χ4n) is 2.76. The maximum Gasteiger partial charge on any atom is 0.225 e. The van der Waals surface area contributed by atoms with Crippen LogP contribution in [0.4, 0.5) is 5.82 Å². The number of aliphatic imine (C=N–C) groups is 1. The lowest BCUT2D eigenvalue weighted by Crippen LogP contribution is -2.20. The second kappa shape index (κ2) is 9.10. The van der Waals surface area contributed by atoms with Crippen molar-refractivity contribution in [2.75, 3.05) is 11.9 Å². The molecule has 6 nitrogen and oxygen atoms in total. The summed E-state index contributed by atoms with van der Waals surface area (Å²) in [4.78, 5) is 20.3. The van der Waals surface area contributed by atoms with Crippen LogP contribution in [0, 0.1) is 0 Å². The van der Waals surface area contributed by atoms with Gasteiger partial charge in [-0.1, -0.05) is 36.7 Å². The second-order valence-electron chi connectivity index (χ2n) is 5.97. The van der Waals surface area contributed by atoms with Crippen LogP contribution in [0.5, 0.6) is 0 Å². The van der Waals surface area contributed by atoms with Crippen LogP contribution in [-0.4, -0.2) is 35.4 Å². The monoisotopic (exact) mass is 393 g/mol. The zero-order valence-electron chi connectivity index (χ0n) is 15.5. The summed E-state index contributed by atoms with van der Waals surface area (Å²) in [6.45, 7) is 6.12. The number of allylic oxidation sites excluding steroid dienone is 1. The Morgan fingerprint density at radius 1 is 1.32 bits per heavy atom. The molecular formula is C21H20ClN5O. The summed E-state index contributed by atoms with van der Waals surface area (Å²) in [5, 5.41) is 9.68. The third-order valence-corrected chi connectivity index (χ3v) is 4.30. The Bertz CT molecular complexity index is 980. The van der Waals surface area contributed by atoms with Gasteiger partial charge in [-0.15, -0.1) is 0 Å². The van der Waals surface area contributed by atoms with Gasteiger partial charge in [0, 0.05) is 35.0 Å².